The molecular weight excluding hydrogens is 330 g/mol. The zero-order valence-corrected chi connectivity index (χ0v) is 14.9. The van der Waals surface area contributed by atoms with E-state index < -0.39 is 0 Å². The number of likely N-dealkylation sites (tertiary alicyclic amines) is 1. The number of carbonyl (C=O) groups excluding carboxylic acids is 2. The fraction of sp³-hybridized carbons (Fsp3) is 0.529. The Morgan fingerprint density at radius 1 is 1.50 bits per heavy atom. The van der Waals surface area contributed by atoms with Crippen LogP contribution in [-0.4, -0.2) is 62.0 Å². The third-order valence-electron chi connectivity index (χ3n) is 4.08. The van der Waals surface area contributed by atoms with Gasteiger partial charge in [-0.3, -0.25) is 9.59 Å². The van der Waals surface area contributed by atoms with E-state index in [4.69, 9.17) is 22.1 Å². The van der Waals surface area contributed by atoms with E-state index in [0.717, 1.165) is 0 Å². The zero-order chi connectivity index (χ0) is 17.7. The van der Waals surface area contributed by atoms with Crippen molar-refractivity contribution in [3.8, 4) is 5.75 Å². The Bertz CT molecular complexity index is 609. The van der Waals surface area contributed by atoms with Gasteiger partial charge in [0.1, 0.15) is 5.75 Å². The van der Waals surface area contributed by atoms with Gasteiger partial charge in [-0.2, -0.15) is 0 Å². The van der Waals surface area contributed by atoms with Crippen molar-refractivity contribution in [2.24, 2.45) is 11.7 Å². The van der Waals surface area contributed by atoms with Gasteiger partial charge in [0.05, 0.1) is 12.2 Å². The monoisotopic (exact) mass is 353 g/mol. The van der Waals surface area contributed by atoms with Crippen LogP contribution in [0.15, 0.2) is 18.2 Å². The van der Waals surface area contributed by atoms with Crippen molar-refractivity contribution in [2.75, 3.05) is 40.3 Å². The van der Waals surface area contributed by atoms with E-state index in [1.54, 1.807) is 42.1 Å². The molecule has 2 amide bonds. The molecule has 0 bridgehead atoms. The summed E-state index contributed by atoms with van der Waals surface area (Å²) in [5, 5.41) is 0.514. The molecule has 0 unspecified atom stereocenters. The van der Waals surface area contributed by atoms with Crippen LogP contribution in [0.1, 0.15) is 23.2 Å². The summed E-state index contributed by atoms with van der Waals surface area (Å²) in [7, 11) is 3.52. The Kier molecular flexibility index (Phi) is 6.45. The summed E-state index contributed by atoms with van der Waals surface area (Å²) in [6.07, 6.45) is 1.18. The average Bonchev–Trinajstić information content (AvgIpc) is 2.85. The number of amides is 2. The quantitative estimate of drug-likeness (QED) is 0.756. The minimum absolute atomic E-state index is 0.123. The van der Waals surface area contributed by atoms with Gasteiger partial charge in [0.15, 0.2) is 0 Å². The minimum Gasteiger partial charge on any atom is -0.493 e. The van der Waals surface area contributed by atoms with Gasteiger partial charge in [-0.15, -0.1) is 0 Å². The summed E-state index contributed by atoms with van der Waals surface area (Å²) in [5.41, 5.74) is 5.94. The summed E-state index contributed by atoms with van der Waals surface area (Å²) in [6.45, 7) is 2.16. The van der Waals surface area contributed by atoms with Gasteiger partial charge < -0.3 is 20.3 Å². The number of nitrogens with two attached hydrogens (primary N) is 1. The fourth-order valence-electron chi connectivity index (χ4n) is 2.81. The number of nitrogens with zero attached hydrogens (tertiary/aromatic N) is 2. The Morgan fingerprint density at radius 3 is 2.88 bits per heavy atom. The molecule has 2 N–H and O–H groups in total. The molecule has 2 rings (SSSR count). The molecule has 1 atom stereocenters. The van der Waals surface area contributed by atoms with Gasteiger partial charge in [0.2, 0.25) is 5.91 Å². The highest BCUT2D eigenvalue weighted by atomic mass is 35.5. The standard InChI is InChI=1S/C17H24ClN3O3/c1-20-10-12(8-16(20)22)11-21(2)17(23)14-5-4-13(18)9-15(14)24-7-3-6-19/h4-5,9,12H,3,6-8,10-11,19H2,1-2H3/t12-/m0/s1. The maximum atomic E-state index is 12.7. The molecule has 7 heteroatoms. The van der Waals surface area contributed by atoms with Crippen molar-refractivity contribution in [2.45, 2.75) is 12.8 Å². The van der Waals surface area contributed by atoms with Crippen LogP contribution in [0.4, 0.5) is 0 Å². The molecule has 1 fully saturated rings. The van der Waals surface area contributed by atoms with Crippen molar-refractivity contribution in [1.29, 1.82) is 0 Å². The third kappa shape index (κ3) is 4.61. The summed E-state index contributed by atoms with van der Waals surface area (Å²) in [5.74, 6) is 0.604. The molecule has 0 saturated carbocycles. The van der Waals surface area contributed by atoms with Gasteiger partial charge >= 0.3 is 0 Å². The number of carbonyl (C=O) groups is 2. The third-order valence-corrected chi connectivity index (χ3v) is 4.32. The van der Waals surface area contributed by atoms with E-state index in [9.17, 15) is 9.59 Å². The maximum Gasteiger partial charge on any atom is 0.257 e. The van der Waals surface area contributed by atoms with Crippen molar-refractivity contribution in [1.82, 2.24) is 9.80 Å². The molecule has 0 radical (unpaired) electrons. The topological polar surface area (TPSA) is 75.9 Å². The van der Waals surface area contributed by atoms with E-state index in [2.05, 4.69) is 0 Å². The molecule has 132 valence electrons. The van der Waals surface area contributed by atoms with Crippen LogP contribution >= 0.6 is 11.6 Å². The molecule has 0 aromatic heterocycles. The summed E-state index contributed by atoms with van der Waals surface area (Å²) < 4.78 is 5.66. The SMILES string of the molecule is CN1C[C@@H](CN(C)C(=O)c2ccc(Cl)cc2OCCCN)CC1=O. The summed E-state index contributed by atoms with van der Waals surface area (Å²) >= 11 is 6.01. The van der Waals surface area contributed by atoms with Crippen LogP contribution in [-0.2, 0) is 4.79 Å². The lowest BCUT2D eigenvalue weighted by Crippen LogP contribution is -2.33. The normalized spacial score (nSPS) is 17.2. The predicted molar refractivity (Wildman–Crippen MR) is 93.3 cm³/mol. The lowest BCUT2D eigenvalue weighted by molar-refractivity contribution is -0.126. The highest BCUT2D eigenvalue weighted by Crippen LogP contribution is 2.26. The van der Waals surface area contributed by atoms with E-state index >= 15 is 0 Å². The molecule has 1 aliphatic rings. The average molecular weight is 354 g/mol. The van der Waals surface area contributed by atoms with Gasteiger partial charge in [-0.25, -0.2) is 0 Å². The lowest BCUT2D eigenvalue weighted by Gasteiger charge is -2.22. The molecule has 24 heavy (non-hydrogen) atoms. The number of benzene rings is 1. The molecule has 1 aliphatic heterocycles. The number of hydrogen-bond donors (Lipinski definition) is 1. The summed E-state index contributed by atoms with van der Waals surface area (Å²) in [6, 6.07) is 4.99. The van der Waals surface area contributed by atoms with E-state index in [1.165, 1.54) is 0 Å². The van der Waals surface area contributed by atoms with E-state index in [1.807, 2.05) is 0 Å². The highest BCUT2D eigenvalue weighted by molar-refractivity contribution is 6.30. The van der Waals surface area contributed by atoms with Crippen molar-refractivity contribution in [3.63, 3.8) is 0 Å². The van der Waals surface area contributed by atoms with Gasteiger partial charge in [-0.1, -0.05) is 11.6 Å². The molecule has 1 aromatic rings. The lowest BCUT2D eigenvalue weighted by atomic mass is 10.1. The number of halogens is 1. The highest BCUT2D eigenvalue weighted by Gasteiger charge is 2.29. The molecule has 1 saturated heterocycles. The van der Waals surface area contributed by atoms with E-state index in [-0.39, 0.29) is 17.7 Å². The minimum atomic E-state index is -0.142. The van der Waals surface area contributed by atoms with Crippen molar-refractivity contribution < 1.29 is 14.3 Å². The maximum absolute atomic E-state index is 12.7. The molecule has 1 heterocycles. The molecular formula is C17H24ClN3O3. The van der Waals surface area contributed by atoms with Crippen LogP contribution < -0.4 is 10.5 Å². The largest absolute Gasteiger partial charge is 0.493 e. The van der Waals surface area contributed by atoms with Gasteiger partial charge in [0.25, 0.3) is 5.91 Å². The molecule has 1 aromatic carbocycles. The molecule has 6 nitrogen and oxygen atoms in total. The number of hydrogen-bond acceptors (Lipinski definition) is 4. The van der Waals surface area contributed by atoms with Crippen LogP contribution in [0.3, 0.4) is 0 Å². The number of rotatable bonds is 7. The predicted octanol–water partition coefficient (Wildman–Crippen LogP) is 1.62. The van der Waals surface area contributed by atoms with E-state index in [0.29, 0.717) is 55.4 Å². The van der Waals surface area contributed by atoms with Crippen molar-refractivity contribution in [3.05, 3.63) is 28.8 Å². The first kappa shape index (κ1) is 18.5. The van der Waals surface area contributed by atoms with Crippen LogP contribution in [0.5, 0.6) is 5.75 Å². The van der Waals surface area contributed by atoms with Crippen LogP contribution in [0, 0.1) is 5.92 Å². The van der Waals surface area contributed by atoms with Gasteiger partial charge in [-0.05, 0) is 31.2 Å². The Hall–Kier alpha value is -1.79. The second kappa shape index (κ2) is 8.35. The number of ether oxygens (including phenoxy) is 1. The van der Waals surface area contributed by atoms with Crippen LogP contribution in [0.2, 0.25) is 5.02 Å². The Balaban J connectivity index is 2.06. The first-order chi connectivity index (χ1) is 11.4. The second-order valence-electron chi connectivity index (χ2n) is 6.16. The first-order valence-corrected chi connectivity index (χ1v) is 8.42. The summed E-state index contributed by atoms with van der Waals surface area (Å²) in [4.78, 5) is 27.7. The molecule has 0 spiro atoms. The zero-order valence-electron chi connectivity index (χ0n) is 14.1. The second-order valence-corrected chi connectivity index (χ2v) is 6.60. The van der Waals surface area contributed by atoms with Crippen molar-refractivity contribution >= 4 is 23.4 Å². The fourth-order valence-corrected chi connectivity index (χ4v) is 2.97. The Morgan fingerprint density at radius 2 is 2.25 bits per heavy atom. The van der Waals surface area contributed by atoms with Gasteiger partial charge in [0, 0.05) is 44.5 Å². The Labute approximate surface area is 147 Å². The van der Waals surface area contributed by atoms with Crippen LogP contribution in [0.25, 0.3) is 0 Å². The molecule has 0 aliphatic carbocycles. The first-order valence-electron chi connectivity index (χ1n) is 8.04. The smallest absolute Gasteiger partial charge is 0.257 e.